The molecule has 0 heterocycles. The highest BCUT2D eigenvalue weighted by molar-refractivity contribution is 7.90. The van der Waals surface area contributed by atoms with Crippen LogP contribution in [0.25, 0.3) is 0 Å². The predicted octanol–water partition coefficient (Wildman–Crippen LogP) is 2.78. The lowest BCUT2D eigenvalue weighted by atomic mass is 10.1. The Morgan fingerprint density at radius 1 is 1.14 bits per heavy atom. The number of hydrogen-bond acceptors (Lipinski definition) is 4. The van der Waals surface area contributed by atoms with E-state index in [2.05, 4.69) is 11.9 Å². The first kappa shape index (κ1) is 17.4. The normalized spacial score (nSPS) is 19.1. The molecule has 0 aliphatic heterocycles. The molecule has 124 valence electrons. The van der Waals surface area contributed by atoms with Gasteiger partial charge in [0.15, 0.2) is 9.84 Å². The zero-order chi connectivity index (χ0) is 16.2. The van der Waals surface area contributed by atoms with E-state index in [1.165, 1.54) is 44.8 Å². The van der Waals surface area contributed by atoms with Crippen molar-refractivity contribution in [2.45, 2.75) is 55.6 Å². The van der Waals surface area contributed by atoms with Crippen LogP contribution in [0.5, 0.6) is 0 Å². The molecule has 5 heteroatoms. The maximum atomic E-state index is 11.5. The zero-order valence-electron chi connectivity index (χ0n) is 13.5. The molecular weight excluding hydrogens is 298 g/mol. The van der Waals surface area contributed by atoms with Gasteiger partial charge in [-0.05, 0) is 37.6 Å². The molecule has 1 aromatic rings. The lowest BCUT2D eigenvalue weighted by Gasteiger charge is -2.29. The van der Waals surface area contributed by atoms with Gasteiger partial charge in [0.2, 0.25) is 0 Å². The average Bonchev–Trinajstić information content (AvgIpc) is 2.75. The Morgan fingerprint density at radius 2 is 1.68 bits per heavy atom. The highest BCUT2D eigenvalue weighted by Gasteiger charge is 2.20. The first-order valence-corrected chi connectivity index (χ1v) is 9.95. The first-order valence-electron chi connectivity index (χ1n) is 8.06. The quantitative estimate of drug-likeness (QED) is 0.846. The molecule has 1 aliphatic carbocycles. The summed E-state index contributed by atoms with van der Waals surface area (Å²) in [6.07, 6.45) is 8.20. The number of aliphatic hydroxyl groups excluding tert-OH is 1. The van der Waals surface area contributed by atoms with Crippen LogP contribution in [0.3, 0.4) is 0 Å². The molecule has 1 aromatic carbocycles. The summed E-state index contributed by atoms with van der Waals surface area (Å²) >= 11 is 0. The van der Waals surface area contributed by atoms with E-state index in [0.717, 1.165) is 5.56 Å². The fourth-order valence-electron chi connectivity index (χ4n) is 3.16. The molecule has 1 aliphatic rings. The van der Waals surface area contributed by atoms with Gasteiger partial charge in [-0.3, -0.25) is 0 Å². The average molecular weight is 325 g/mol. The van der Waals surface area contributed by atoms with Crippen molar-refractivity contribution in [1.29, 1.82) is 0 Å². The number of aliphatic hydroxyl groups is 1. The fourth-order valence-corrected chi connectivity index (χ4v) is 3.79. The van der Waals surface area contributed by atoms with E-state index in [0.29, 0.717) is 17.5 Å². The molecule has 1 N–H and O–H groups in total. The van der Waals surface area contributed by atoms with Crippen molar-refractivity contribution in [3.8, 4) is 0 Å². The van der Waals surface area contributed by atoms with E-state index in [4.69, 9.17) is 0 Å². The molecule has 0 aromatic heterocycles. The molecule has 0 spiro atoms. The third-order valence-corrected chi connectivity index (χ3v) is 5.73. The second-order valence-corrected chi connectivity index (χ2v) is 8.46. The number of nitrogens with zero attached hydrogens (tertiary/aromatic N) is 1. The highest BCUT2D eigenvalue weighted by atomic mass is 32.2. The van der Waals surface area contributed by atoms with E-state index in [9.17, 15) is 13.5 Å². The Bertz CT molecular complexity index is 560. The number of benzene rings is 1. The largest absolute Gasteiger partial charge is 0.387 e. The zero-order valence-corrected chi connectivity index (χ0v) is 14.3. The summed E-state index contributed by atoms with van der Waals surface area (Å²) in [7, 11) is -1.11. The summed E-state index contributed by atoms with van der Waals surface area (Å²) in [5.74, 6) is 0. The van der Waals surface area contributed by atoms with Gasteiger partial charge in [-0.25, -0.2) is 8.42 Å². The van der Waals surface area contributed by atoms with E-state index in [1.807, 2.05) is 0 Å². The van der Waals surface area contributed by atoms with E-state index in [-0.39, 0.29) is 0 Å². The monoisotopic (exact) mass is 325 g/mol. The van der Waals surface area contributed by atoms with Crippen molar-refractivity contribution in [3.05, 3.63) is 29.8 Å². The molecule has 2 rings (SSSR count). The van der Waals surface area contributed by atoms with Crippen LogP contribution in [0, 0.1) is 0 Å². The molecule has 22 heavy (non-hydrogen) atoms. The van der Waals surface area contributed by atoms with Crippen molar-refractivity contribution >= 4 is 9.84 Å². The summed E-state index contributed by atoms with van der Waals surface area (Å²) in [6, 6.07) is 7.11. The van der Waals surface area contributed by atoms with Gasteiger partial charge in [0, 0.05) is 18.8 Å². The lowest BCUT2D eigenvalue weighted by Crippen LogP contribution is -2.34. The van der Waals surface area contributed by atoms with Gasteiger partial charge < -0.3 is 10.0 Å². The van der Waals surface area contributed by atoms with E-state index >= 15 is 0 Å². The van der Waals surface area contributed by atoms with Crippen LogP contribution in [0.15, 0.2) is 29.2 Å². The van der Waals surface area contributed by atoms with Crippen molar-refractivity contribution in [2.75, 3.05) is 19.8 Å². The molecule has 0 radical (unpaired) electrons. The number of rotatable bonds is 5. The topological polar surface area (TPSA) is 57.6 Å². The van der Waals surface area contributed by atoms with Crippen LogP contribution < -0.4 is 0 Å². The Kier molecular flexibility index (Phi) is 6.01. The Hall–Kier alpha value is -0.910. The molecule has 0 amide bonds. The van der Waals surface area contributed by atoms with Gasteiger partial charge in [0.05, 0.1) is 11.0 Å². The van der Waals surface area contributed by atoms with Crippen molar-refractivity contribution < 1.29 is 13.5 Å². The highest BCUT2D eigenvalue weighted by Crippen LogP contribution is 2.23. The van der Waals surface area contributed by atoms with Crippen LogP contribution in [-0.4, -0.2) is 44.3 Å². The van der Waals surface area contributed by atoms with Crippen LogP contribution in [0.1, 0.15) is 50.2 Å². The van der Waals surface area contributed by atoms with Crippen molar-refractivity contribution in [3.63, 3.8) is 0 Å². The second kappa shape index (κ2) is 7.57. The van der Waals surface area contributed by atoms with Gasteiger partial charge in [-0.2, -0.15) is 0 Å². The third-order valence-electron chi connectivity index (χ3n) is 4.60. The molecule has 1 fully saturated rings. The second-order valence-electron chi connectivity index (χ2n) is 6.44. The Labute approximate surface area is 134 Å². The first-order chi connectivity index (χ1) is 10.4. The lowest BCUT2D eigenvalue weighted by molar-refractivity contribution is 0.0990. The number of likely N-dealkylation sites (N-methyl/N-ethyl adjacent to an activating group) is 1. The summed E-state index contributed by atoms with van der Waals surface area (Å²) in [6.45, 7) is 0.586. The minimum absolute atomic E-state index is 0.292. The van der Waals surface area contributed by atoms with Crippen molar-refractivity contribution in [2.24, 2.45) is 0 Å². The summed E-state index contributed by atoms with van der Waals surface area (Å²) in [4.78, 5) is 2.54. The predicted molar refractivity (Wildman–Crippen MR) is 88.6 cm³/mol. The van der Waals surface area contributed by atoms with Crippen LogP contribution in [0.2, 0.25) is 0 Å². The van der Waals surface area contributed by atoms with Crippen LogP contribution >= 0.6 is 0 Å². The van der Waals surface area contributed by atoms with Crippen molar-refractivity contribution in [1.82, 2.24) is 4.90 Å². The van der Waals surface area contributed by atoms with Gasteiger partial charge in [0.1, 0.15) is 0 Å². The molecule has 4 nitrogen and oxygen atoms in total. The summed E-state index contributed by atoms with van der Waals surface area (Å²) < 4.78 is 22.9. The maximum Gasteiger partial charge on any atom is 0.175 e. The van der Waals surface area contributed by atoms with Crippen LogP contribution in [0.4, 0.5) is 0 Å². The molecule has 1 atom stereocenters. The third kappa shape index (κ3) is 4.80. The summed E-state index contributed by atoms with van der Waals surface area (Å²) in [5, 5.41) is 10.4. The maximum absolute atomic E-state index is 11.5. The van der Waals surface area contributed by atoms with Gasteiger partial charge in [-0.1, -0.05) is 37.8 Å². The number of hydrogen-bond donors (Lipinski definition) is 1. The Morgan fingerprint density at radius 3 is 2.18 bits per heavy atom. The van der Waals surface area contributed by atoms with Gasteiger partial charge in [0.25, 0.3) is 0 Å². The summed E-state index contributed by atoms with van der Waals surface area (Å²) in [5.41, 5.74) is 0.771. The van der Waals surface area contributed by atoms with Crippen LogP contribution in [-0.2, 0) is 9.84 Å². The molecule has 1 saturated carbocycles. The minimum atomic E-state index is -3.18. The van der Waals surface area contributed by atoms with E-state index < -0.39 is 15.9 Å². The molecule has 0 saturated heterocycles. The standard InChI is InChI=1S/C17H27NO3S/c1-18(15-7-5-3-4-6-8-15)13-17(19)14-9-11-16(12-10-14)22(2,20)21/h9-12,15,17,19H,3-8,13H2,1-2H3. The van der Waals surface area contributed by atoms with E-state index in [1.54, 1.807) is 24.3 Å². The smallest absolute Gasteiger partial charge is 0.175 e. The SMILES string of the molecule is CN(CC(O)c1ccc(S(C)(=O)=O)cc1)C1CCCCCC1. The molecular formula is C17H27NO3S. The van der Waals surface area contributed by atoms with Gasteiger partial charge >= 0.3 is 0 Å². The molecule has 0 bridgehead atoms. The molecule has 1 unspecified atom stereocenters. The minimum Gasteiger partial charge on any atom is -0.387 e. The Balaban J connectivity index is 1.97. The van der Waals surface area contributed by atoms with Gasteiger partial charge in [-0.15, -0.1) is 0 Å². The fraction of sp³-hybridized carbons (Fsp3) is 0.647. The number of sulfone groups is 1.